The lowest BCUT2D eigenvalue weighted by molar-refractivity contribution is -0.117. The van der Waals surface area contributed by atoms with E-state index in [1.54, 1.807) is 36.4 Å². The summed E-state index contributed by atoms with van der Waals surface area (Å²) in [6, 6.07) is 14.3. The number of para-hydroxylation sites is 1. The predicted molar refractivity (Wildman–Crippen MR) is 127 cm³/mol. The van der Waals surface area contributed by atoms with E-state index in [4.69, 9.17) is 4.74 Å². The maximum Gasteiger partial charge on any atom is 0.325 e. The minimum absolute atomic E-state index is 0.0126. The number of urea groups is 1. The van der Waals surface area contributed by atoms with Crippen LogP contribution in [0.4, 0.5) is 14.9 Å². The van der Waals surface area contributed by atoms with Gasteiger partial charge in [0.1, 0.15) is 5.82 Å². The Kier molecular flexibility index (Phi) is 8.23. The van der Waals surface area contributed by atoms with Crippen LogP contribution in [0.5, 0.6) is 0 Å². The number of rotatable bonds is 8. The smallest absolute Gasteiger partial charge is 0.325 e. The summed E-state index contributed by atoms with van der Waals surface area (Å²) in [4.78, 5) is 26.7. The molecule has 4 rings (SSSR count). The summed E-state index contributed by atoms with van der Waals surface area (Å²) in [5, 5.41) is 14.0. The van der Waals surface area contributed by atoms with Crippen LogP contribution in [0.3, 0.4) is 0 Å². The van der Waals surface area contributed by atoms with E-state index in [1.165, 1.54) is 23.9 Å². The van der Waals surface area contributed by atoms with E-state index in [-0.39, 0.29) is 11.6 Å². The number of thioether (sulfide) groups is 1. The maximum absolute atomic E-state index is 13.4. The summed E-state index contributed by atoms with van der Waals surface area (Å²) in [5.41, 5.74) is 1.32. The van der Waals surface area contributed by atoms with Crippen molar-refractivity contribution < 1.29 is 18.7 Å². The van der Waals surface area contributed by atoms with E-state index < -0.39 is 11.9 Å². The monoisotopic (exact) mass is 484 g/mol. The first-order chi connectivity index (χ1) is 16.6. The van der Waals surface area contributed by atoms with Crippen molar-refractivity contribution in [2.24, 2.45) is 0 Å². The molecule has 2 aromatic carbocycles. The molecule has 1 fully saturated rings. The van der Waals surface area contributed by atoms with Crippen LogP contribution in [0, 0.1) is 5.82 Å². The zero-order valence-electron chi connectivity index (χ0n) is 18.4. The molecule has 1 aromatic heterocycles. The summed E-state index contributed by atoms with van der Waals surface area (Å²) >= 11 is 1.19. The molecule has 9 nitrogen and oxygen atoms in total. The summed E-state index contributed by atoms with van der Waals surface area (Å²) in [7, 11) is 0. The number of hydrogen-bond donors (Lipinski definition) is 2. The first kappa shape index (κ1) is 23.9. The second-order valence-electron chi connectivity index (χ2n) is 7.58. The summed E-state index contributed by atoms with van der Waals surface area (Å²) in [6.45, 7) is 4.43. The highest BCUT2D eigenvalue weighted by Crippen LogP contribution is 2.24. The largest absolute Gasteiger partial charge is 0.379 e. The van der Waals surface area contributed by atoms with Crippen LogP contribution in [0.25, 0.3) is 11.4 Å². The molecule has 2 heterocycles. The van der Waals surface area contributed by atoms with Gasteiger partial charge in [-0.25, -0.2) is 9.18 Å². The Hall–Kier alpha value is -3.28. The van der Waals surface area contributed by atoms with Gasteiger partial charge in [-0.1, -0.05) is 30.0 Å². The fourth-order valence-electron chi connectivity index (χ4n) is 3.45. The van der Waals surface area contributed by atoms with Gasteiger partial charge in [-0.2, -0.15) is 0 Å². The van der Waals surface area contributed by atoms with Crippen molar-refractivity contribution in [1.29, 1.82) is 0 Å². The number of anilines is 1. The van der Waals surface area contributed by atoms with E-state index in [0.717, 1.165) is 25.2 Å². The molecule has 1 saturated heterocycles. The number of halogens is 1. The normalized spacial score (nSPS) is 14.0. The van der Waals surface area contributed by atoms with Crippen LogP contribution < -0.4 is 10.6 Å². The minimum Gasteiger partial charge on any atom is -0.379 e. The van der Waals surface area contributed by atoms with Gasteiger partial charge in [-0.15, -0.1) is 10.2 Å². The third kappa shape index (κ3) is 6.62. The molecule has 0 aliphatic carbocycles. The van der Waals surface area contributed by atoms with Crippen molar-refractivity contribution >= 4 is 29.4 Å². The molecule has 0 spiro atoms. The van der Waals surface area contributed by atoms with Gasteiger partial charge in [0, 0.05) is 37.4 Å². The number of ether oxygens (including phenoxy) is 1. The lowest BCUT2D eigenvalue weighted by atomic mass is 10.2. The lowest BCUT2D eigenvalue weighted by Crippen LogP contribution is -2.38. The minimum atomic E-state index is -0.599. The highest BCUT2D eigenvalue weighted by Gasteiger charge is 2.18. The van der Waals surface area contributed by atoms with Crippen molar-refractivity contribution in [2.45, 2.75) is 11.7 Å². The Bertz CT molecular complexity index is 1100. The number of carbonyl (C=O) groups excluding carboxylic acids is 2. The number of nitrogens with one attached hydrogen (secondary N) is 2. The standard InChI is InChI=1S/C23H25FN6O3S/c24-18-8-6-17(7-9-18)21-27-28-23(30(21)11-10-29-12-14-33-15-13-29)34-16-20(31)26-22(32)25-19-4-2-1-3-5-19/h1-9H,10-16H2,(H2,25,26,31,32). The highest BCUT2D eigenvalue weighted by atomic mass is 32.2. The summed E-state index contributed by atoms with van der Waals surface area (Å²) in [6.07, 6.45) is 0. The molecule has 34 heavy (non-hydrogen) atoms. The number of nitrogens with zero attached hydrogens (tertiary/aromatic N) is 4. The number of benzene rings is 2. The van der Waals surface area contributed by atoms with Gasteiger partial charge in [0.25, 0.3) is 0 Å². The molecule has 0 saturated carbocycles. The van der Waals surface area contributed by atoms with Crippen LogP contribution in [-0.2, 0) is 16.1 Å². The van der Waals surface area contributed by atoms with Crippen molar-refractivity contribution in [3.63, 3.8) is 0 Å². The van der Waals surface area contributed by atoms with E-state index in [0.29, 0.717) is 36.4 Å². The van der Waals surface area contributed by atoms with Gasteiger partial charge < -0.3 is 14.6 Å². The van der Waals surface area contributed by atoms with Gasteiger partial charge >= 0.3 is 6.03 Å². The van der Waals surface area contributed by atoms with Gasteiger partial charge in [0.15, 0.2) is 11.0 Å². The number of amides is 3. The molecule has 1 aliphatic rings. The molecule has 3 amide bonds. The second kappa shape index (κ2) is 11.7. The fraction of sp³-hybridized carbons (Fsp3) is 0.304. The molecule has 3 aromatic rings. The topological polar surface area (TPSA) is 101 Å². The molecular weight excluding hydrogens is 459 g/mol. The van der Waals surface area contributed by atoms with E-state index >= 15 is 0 Å². The van der Waals surface area contributed by atoms with Crippen LogP contribution >= 0.6 is 11.8 Å². The molecule has 0 atom stereocenters. The molecule has 178 valence electrons. The second-order valence-corrected chi connectivity index (χ2v) is 8.52. The number of imide groups is 1. The van der Waals surface area contributed by atoms with Gasteiger partial charge in [0.05, 0.1) is 19.0 Å². The maximum atomic E-state index is 13.4. The van der Waals surface area contributed by atoms with Gasteiger partial charge in [-0.3, -0.25) is 15.0 Å². The zero-order chi connectivity index (χ0) is 23.8. The third-order valence-electron chi connectivity index (χ3n) is 5.18. The molecule has 1 aliphatic heterocycles. The molecule has 0 bridgehead atoms. The molecule has 0 unspecified atom stereocenters. The van der Waals surface area contributed by atoms with Crippen LogP contribution in [0.1, 0.15) is 0 Å². The van der Waals surface area contributed by atoms with Crippen molar-refractivity contribution in [3.05, 3.63) is 60.4 Å². The number of carbonyl (C=O) groups is 2. The molecule has 0 radical (unpaired) electrons. The lowest BCUT2D eigenvalue weighted by Gasteiger charge is -2.27. The Balaban J connectivity index is 1.40. The summed E-state index contributed by atoms with van der Waals surface area (Å²) < 4.78 is 20.7. The van der Waals surface area contributed by atoms with Crippen molar-refractivity contribution in [1.82, 2.24) is 25.0 Å². The average molecular weight is 485 g/mol. The number of morpholine rings is 1. The summed E-state index contributed by atoms with van der Waals surface area (Å²) in [5.74, 6) is -0.202. The van der Waals surface area contributed by atoms with Crippen molar-refractivity contribution in [3.8, 4) is 11.4 Å². The molecule has 11 heteroatoms. The van der Waals surface area contributed by atoms with E-state index in [2.05, 4.69) is 25.7 Å². The fourth-order valence-corrected chi connectivity index (χ4v) is 4.22. The van der Waals surface area contributed by atoms with E-state index in [1.807, 2.05) is 10.6 Å². The third-order valence-corrected chi connectivity index (χ3v) is 6.15. The zero-order valence-corrected chi connectivity index (χ0v) is 19.3. The molecule has 2 N–H and O–H groups in total. The Morgan fingerprint density at radius 3 is 2.47 bits per heavy atom. The molecular formula is C23H25FN6O3S. The van der Waals surface area contributed by atoms with Crippen LogP contribution in [0.2, 0.25) is 0 Å². The first-order valence-corrected chi connectivity index (χ1v) is 11.8. The van der Waals surface area contributed by atoms with Crippen LogP contribution in [0.15, 0.2) is 59.8 Å². The predicted octanol–water partition coefficient (Wildman–Crippen LogP) is 2.86. The van der Waals surface area contributed by atoms with Gasteiger partial charge in [0.2, 0.25) is 5.91 Å². The highest BCUT2D eigenvalue weighted by molar-refractivity contribution is 7.99. The first-order valence-electron chi connectivity index (χ1n) is 10.9. The Morgan fingerprint density at radius 1 is 1.00 bits per heavy atom. The Labute approximate surface area is 200 Å². The number of hydrogen-bond acceptors (Lipinski definition) is 7. The van der Waals surface area contributed by atoms with Crippen molar-refractivity contribution in [2.75, 3.05) is 43.9 Å². The Morgan fingerprint density at radius 2 is 1.74 bits per heavy atom. The van der Waals surface area contributed by atoms with Gasteiger partial charge in [-0.05, 0) is 36.4 Å². The SMILES string of the molecule is O=C(CSc1nnc(-c2ccc(F)cc2)n1CCN1CCOCC1)NC(=O)Nc1ccccc1. The average Bonchev–Trinajstić information content (AvgIpc) is 3.26. The van der Waals surface area contributed by atoms with Crippen LogP contribution in [-0.4, -0.2) is 70.2 Å². The number of aromatic nitrogens is 3. The van der Waals surface area contributed by atoms with E-state index in [9.17, 15) is 14.0 Å². The quantitative estimate of drug-likeness (QED) is 0.474.